The van der Waals surface area contributed by atoms with Crippen LogP contribution in [-0.2, 0) is 6.54 Å². The third kappa shape index (κ3) is 2.52. The molecular weight excluding hydrogens is 220 g/mol. The molecule has 0 aliphatic rings. The van der Waals surface area contributed by atoms with Crippen molar-refractivity contribution in [1.29, 1.82) is 0 Å². The normalized spacial score (nSPS) is 10.1. The molecule has 16 heavy (non-hydrogen) atoms. The van der Waals surface area contributed by atoms with E-state index in [1.165, 1.54) is 11.1 Å². The van der Waals surface area contributed by atoms with Gasteiger partial charge in [-0.1, -0.05) is 6.07 Å². The highest BCUT2D eigenvalue weighted by molar-refractivity contribution is 7.13. The van der Waals surface area contributed by atoms with Crippen molar-refractivity contribution in [2.24, 2.45) is 0 Å². The van der Waals surface area contributed by atoms with Crippen molar-refractivity contribution in [3.05, 3.63) is 40.9 Å². The smallest absolute Gasteiger partial charge is 0.182 e. The fourth-order valence-corrected chi connectivity index (χ4v) is 2.00. The maximum absolute atomic E-state index is 5.17. The largest absolute Gasteiger partial charge is 0.497 e. The number of thiazole rings is 1. The van der Waals surface area contributed by atoms with Crippen LogP contribution in [0.3, 0.4) is 0 Å². The van der Waals surface area contributed by atoms with Crippen LogP contribution in [-0.4, -0.2) is 12.1 Å². The van der Waals surface area contributed by atoms with Gasteiger partial charge in [-0.3, -0.25) is 0 Å². The summed E-state index contributed by atoms with van der Waals surface area (Å²) in [4.78, 5) is 4.18. The van der Waals surface area contributed by atoms with Crippen LogP contribution in [0.5, 0.6) is 5.75 Å². The zero-order valence-electron chi connectivity index (χ0n) is 9.36. The van der Waals surface area contributed by atoms with Crippen LogP contribution in [0.25, 0.3) is 0 Å². The van der Waals surface area contributed by atoms with E-state index in [0.717, 1.165) is 17.4 Å². The topological polar surface area (TPSA) is 34.1 Å². The number of aromatic nitrogens is 1. The van der Waals surface area contributed by atoms with Crippen molar-refractivity contribution in [1.82, 2.24) is 4.98 Å². The Morgan fingerprint density at radius 1 is 1.44 bits per heavy atom. The van der Waals surface area contributed by atoms with Crippen LogP contribution in [0.15, 0.2) is 29.8 Å². The third-order valence-corrected chi connectivity index (χ3v) is 3.14. The van der Waals surface area contributed by atoms with Crippen molar-refractivity contribution in [2.45, 2.75) is 13.5 Å². The second-order valence-electron chi connectivity index (χ2n) is 3.48. The van der Waals surface area contributed by atoms with Gasteiger partial charge >= 0.3 is 0 Å². The number of rotatable bonds is 4. The second-order valence-corrected chi connectivity index (χ2v) is 4.38. The Morgan fingerprint density at radius 2 is 2.31 bits per heavy atom. The third-order valence-electron chi connectivity index (χ3n) is 2.41. The highest BCUT2D eigenvalue weighted by Gasteiger charge is 2.01. The summed E-state index contributed by atoms with van der Waals surface area (Å²) in [6, 6.07) is 6.10. The summed E-state index contributed by atoms with van der Waals surface area (Å²) in [5, 5.41) is 6.20. The van der Waals surface area contributed by atoms with E-state index in [1.807, 2.05) is 17.5 Å². The zero-order valence-corrected chi connectivity index (χ0v) is 10.2. The minimum absolute atomic E-state index is 0.795. The number of anilines is 1. The van der Waals surface area contributed by atoms with E-state index < -0.39 is 0 Å². The van der Waals surface area contributed by atoms with Crippen LogP contribution in [0, 0.1) is 6.92 Å². The summed E-state index contributed by atoms with van der Waals surface area (Å²) in [7, 11) is 1.68. The Bertz CT molecular complexity index is 454. The van der Waals surface area contributed by atoms with Crippen LogP contribution < -0.4 is 10.1 Å². The second kappa shape index (κ2) is 4.99. The molecule has 1 aromatic heterocycles. The van der Waals surface area contributed by atoms with Gasteiger partial charge in [0.05, 0.1) is 7.11 Å². The molecule has 1 N–H and O–H groups in total. The Labute approximate surface area is 99.1 Å². The summed E-state index contributed by atoms with van der Waals surface area (Å²) in [6.45, 7) is 2.88. The maximum atomic E-state index is 5.17. The van der Waals surface area contributed by atoms with Gasteiger partial charge in [-0.15, -0.1) is 11.3 Å². The lowest BCUT2D eigenvalue weighted by atomic mass is 10.1. The molecule has 0 bridgehead atoms. The SMILES string of the molecule is COc1ccc(CNc2nccs2)c(C)c1. The van der Waals surface area contributed by atoms with Gasteiger partial charge in [-0.2, -0.15) is 0 Å². The first-order chi connectivity index (χ1) is 7.79. The molecule has 0 spiro atoms. The van der Waals surface area contributed by atoms with Gasteiger partial charge in [-0.25, -0.2) is 4.98 Å². The van der Waals surface area contributed by atoms with Gasteiger partial charge in [0.25, 0.3) is 0 Å². The average Bonchev–Trinajstić information content (AvgIpc) is 2.80. The Morgan fingerprint density at radius 3 is 2.94 bits per heavy atom. The van der Waals surface area contributed by atoms with Crippen molar-refractivity contribution in [3.63, 3.8) is 0 Å². The van der Waals surface area contributed by atoms with Crippen LogP contribution in [0.4, 0.5) is 5.13 Å². The molecule has 0 radical (unpaired) electrons. The molecule has 0 saturated carbocycles. The molecule has 2 aromatic rings. The quantitative estimate of drug-likeness (QED) is 0.882. The molecule has 0 unspecified atom stereocenters. The minimum atomic E-state index is 0.795. The molecule has 3 nitrogen and oxygen atoms in total. The molecule has 0 atom stereocenters. The number of aryl methyl sites for hydroxylation is 1. The predicted octanol–water partition coefficient (Wildman–Crippen LogP) is 3.07. The summed E-state index contributed by atoms with van der Waals surface area (Å²) in [6.07, 6.45) is 1.80. The fourth-order valence-electron chi connectivity index (χ4n) is 1.48. The molecule has 2 rings (SSSR count). The molecular formula is C12H14N2OS. The van der Waals surface area contributed by atoms with E-state index in [-0.39, 0.29) is 0 Å². The van der Waals surface area contributed by atoms with Gasteiger partial charge in [0.2, 0.25) is 0 Å². The molecule has 84 valence electrons. The molecule has 0 aliphatic heterocycles. The molecule has 0 saturated heterocycles. The van der Waals surface area contributed by atoms with E-state index in [0.29, 0.717) is 0 Å². The summed E-state index contributed by atoms with van der Waals surface area (Å²) < 4.78 is 5.17. The lowest BCUT2D eigenvalue weighted by molar-refractivity contribution is 0.414. The average molecular weight is 234 g/mol. The van der Waals surface area contributed by atoms with Crippen molar-refractivity contribution < 1.29 is 4.74 Å². The highest BCUT2D eigenvalue weighted by Crippen LogP contribution is 2.18. The number of hydrogen-bond acceptors (Lipinski definition) is 4. The number of benzene rings is 1. The predicted molar refractivity (Wildman–Crippen MR) is 67.2 cm³/mol. The molecule has 0 amide bonds. The van der Waals surface area contributed by atoms with Gasteiger partial charge in [-0.05, 0) is 30.2 Å². The Hall–Kier alpha value is -1.55. The van der Waals surface area contributed by atoms with Gasteiger partial charge in [0.15, 0.2) is 5.13 Å². The monoisotopic (exact) mass is 234 g/mol. The van der Waals surface area contributed by atoms with Crippen molar-refractivity contribution >= 4 is 16.5 Å². The van der Waals surface area contributed by atoms with Crippen LogP contribution in [0.2, 0.25) is 0 Å². The van der Waals surface area contributed by atoms with E-state index in [2.05, 4.69) is 23.3 Å². The van der Waals surface area contributed by atoms with Gasteiger partial charge in [0.1, 0.15) is 5.75 Å². The van der Waals surface area contributed by atoms with Gasteiger partial charge in [0, 0.05) is 18.1 Å². The maximum Gasteiger partial charge on any atom is 0.182 e. The summed E-state index contributed by atoms with van der Waals surface area (Å²) in [5.74, 6) is 0.899. The number of ether oxygens (including phenoxy) is 1. The Balaban J connectivity index is 2.04. The number of nitrogens with one attached hydrogen (secondary N) is 1. The number of hydrogen-bond donors (Lipinski definition) is 1. The molecule has 1 aromatic carbocycles. The van der Waals surface area contributed by atoms with Crippen LogP contribution in [0.1, 0.15) is 11.1 Å². The molecule has 4 heteroatoms. The van der Waals surface area contributed by atoms with Crippen LogP contribution >= 0.6 is 11.3 Å². The standard InChI is InChI=1S/C12H14N2OS/c1-9-7-11(15-2)4-3-10(9)8-14-12-13-5-6-16-12/h3-7H,8H2,1-2H3,(H,13,14). The first-order valence-electron chi connectivity index (χ1n) is 5.06. The number of nitrogens with zero attached hydrogens (tertiary/aromatic N) is 1. The van der Waals surface area contributed by atoms with E-state index in [9.17, 15) is 0 Å². The first kappa shape index (κ1) is 11.0. The van der Waals surface area contributed by atoms with E-state index in [4.69, 9.17) is 4.74 Å². The molecule has 0 fully saturated rings. The Kier molecular flexibility index (Phi) is 3.41. The highest BCUT2D eigenvalue weighted by atomic mass is 32.1. The van der Waals surface area contributed by atoms with E-state index in [1.54, 1.807) is 24.6 Å². The first-order valence-corrected chi connectivity index (χ1v) is 5.94. The summed E-state index contributed by atoms with van der Waals surface area (Å²) >= 11 is 1.61. The lowest BCUT2D eigenvalue weighted by Gasteiger charge is -2.08. The van der Waals surface area contributed by atoms with Crippen molar-refractivity contribution in [2.75, 3.05) is 12.4 Å². The molecule has 0 aliphatic carbocycles. The van der Waals surface area contributed by atoms with E-state index >= 15 is 0 Å². The fraction of sp³-hybridized carbons (Fsp3) is 0.250. The molecule has 1 heterocycles. The lowest BCUT2D eigenvalue weighted by Crippen LogP contribution is -2.01. The number of methoxy groups -OCH3 is 1. The van der Waals surface area contributed by atoms with Gasteiger partial charge < -0.3 is 10.1 Å². The van der Waals surface area contributed by atoms with Crippen molar-refractivity contribution in [3.8, 4) is 5.75 Å². The summed E-state index contributed by atoms with van der Waals surface area (Å²) in [5.41, 5.74) is 2.49. The minimum Gasteiger partial charge on any atom is -0.497 e. The zero-order chi connectivity index (χ0) is 11.4.